The number of hydrogen-bond donors (Lipinski definition) is 1. The summed E-state index contributed by atoms with van der Waals surface area (Å²) in [6, 6.07) is 5.64. The maximum Gasteiger partial charge on any atom is 0.336 e. The standard InChI is InChI=1S/C34H40Cl2N4O5S/c1-44-33(42)30-24(10-11-27-37-12-17-46-27)38-25(31(34(43)45-2)32(30)29-22(35)4-3-5-23(29)36)19-28(41)40-15-13-39(14-16-40)26-18-20-6-8-21(26)9-7-20/h3-5,12,17,20-21,26,32,38H,6-11,13-16,18-19H2,1-2H3. The van der Waals surface area contributed by atoms with Gasteiger partial charge in [0, 0.05) is 77.2 Å². The topological polar surface area (TPSA) is 101 Å². The molecule has 3 saturated carbocycles. The number of carbonyl (C=O) groups excluding carboxylic acids is 3. The Bertz CT molecular complexity index is 1510. The van der Waals surface area contributed by atoms with Crippen molar-refractivity contribution in [2.75, 3.05) is 40.4 Å². The van der Waals surface area contributed by atoms with Crippen LogP contribution in [0.25, 0.3) is 0 Å². The first-order chi connectivity index (χ1) is 22.3. The third-order valence-electron chi connectivity index (χ3n) is 10.2. The number of aromatic nitrogens is 1. The molecule has 2 aliphatic heterocycles. The molecule has 3 heterocycles. The Kier molecular flexibility index (Phi) is 10.4. The first-order valence-electron chi connectivity index (χ1n) is 16.0. The average molecular weight is 688 g/mol. The lowest BCUT2D eigenvalue weighted by molar-refractivity contribution is -0.137. The molecule has 2 unspecified atom stereocenters. The molecule has 2 bridgehead atoms. The van der Waals surface area contributed by atoms with Gasteiger partial charge in [0.05, 0.1) is 42.7 Å². The van der Waals surface area contributed by atoms with Crippen LogP contribution >= 0.6 is 34.5 Å². The molecule has 1 aromatic heterocycles. The minimum Gasteiger partial charge on any atom is -0.466 e. The number of allylic oxidation sites excluding steroid dienone is 1. The van der Waals surface area contributed by atoms with Gasteiger partial charge in [-0.15, -0.1) is 11.3 Å². The summed E-state index contributed by atoms with van der Waals surface area (Å²) in [5.74, 6) is -0.814. The molecule has 9 nitrogen and oxygen atoms in total. The largest absolute Gasteiger partial charge is 0.466 e. The van der Waals surface area contributed by atoms with Crippen LogP contribution in [0.15, 0.2) is 52.3 Å². The van der Waals surface area contributed by atoms with Gasteiger partial charge in [-0.2, -0.15) is 0 Å². The van der Waals surface area contributed by atoms with E-state index in [4.69, 9.17) is 32.7 Å². The van der Waals surface area contributed by atoms with E-state index in [1.54, 1.807) is 24.4 Å². The third-order valence-corrected chi connectivity index (χ3v) is 11.7. The predicted octanol–water partition coefficient (Wildman–Crippen LogP) is 5.74. The molecular weight excluding hydrogens is 647 g/mol. The quantitative estimate of drug-likeness (QED) is 0.334. The van der Waals surface area contributed by atoms with Crippen molar-refractivity contribution in [3.05, 3.63) is 72.9 Å². The molecule has 5 aliphatic rings. The third kappa shape index (κ3) is 6.72. The number of halogens is 2. The highest BCUT2D eigenvalue weighted by atomic mass is 35.5. The van der Waals surface area contributed by atoms with Crippen molar-refractivity contribution in [1.29, 1.82) is 0 Å². The van der Waals surface area contributed by atoms with Crippen molar-refractivity contribution in [2.45, 2.75) is 63.3 Å². The summed E-state index contributed by atoms with van der Waals surface area (Å²) in [5, 5.41) is 6.66. The van der Waals surface area contributed by atoms with E-state index in [9.17, 15) is 14.4 Å². The van der Waals surface area contributed by atoms with Crippen LogP contribution in [0.1, 0.15) is 61.4 Å². The first-order valence-corrected chi connectivity index (χ1v) is 17.7. The van der Waals surface area contributed by atoms with Gasteiger partial charge < -0.3 is 19.7 Å². The van der Waals surface area contributed by atoms with Crippen LogP contribution < -0.4 is 5.32 Å². The van der Waals surface area contributed by atoms with E-state index in [0.29, 0.717) is 48.9 Å². The molecule has 0 spiro atoms. The monoisotopic (exact) mass is 686 g/mol. The fourth-order valence-corrected chi connectivity index (χ4v) is 9.12. The number of hydrogen-bond acceptors (Lipinski definition) is 9. The smallest absolute Gasteiger partial charge is 0.336 e. The van der Waals surface area contributed by atoms with Gasteiger partial charge in [0.2, 0.25) is 5.91 Å². The molecular formula is C34H40Cl2N4O5S. The zero-order valence-corrected chi connectivity index (χ0v) is 28.6. The summed E-state index contributed by atoms with van der Waals surface area (Å²) in [5.41, 5.74) is 1.57. The lowest BCUT2D eigenvalue weighted by Gasteiger charge is -2.49. The highest BCUT2D eigenvalue weighted by Gasteiger charge is 2.43. The number of nitrogens with zero attached hydrogens (tertiary/aromatic N) is 3. The van der Waals surface area contributed by atoms with Gasteiger partial charge in [0.25, 0.3) is 0 Å². The summed E-state index contributed by atoms with van der Waals surface area (Å²) < 4.78 is 10.5. The molecule has 7 rings (SSSR count). The molecule has 4 fully saturated rings. The van der Waals surface area contributed by atoms with Crippen LogP contribution in [-0.4, -0.2) is 79.1 Å². The van der Waals surface area contributed by atoms with Crippen molar-refractivity contribution < 1.29 is 23.9 Å². The van der Waals surface area contributed by atoms with Crippen molar-refractivity contribution in [1.82, 2.24) is 20.1 Å². The molecule has 2 aromatic rings. The van der Waals surface area contributed by atoms with Gasteiger partial charge in [0.1, 0.15) is 0 Å². The van der Waals surface area contributed by atoms with Crippen LogP contribution in [0.5, 0.6) is 0 Å². The number of carbonyl (C=O) groups is 3. The molecule has 12 heteroatoms. The number of dihydropyridines is 1. The highest BCUT2D eigenvalue weighted by Crippen LogP contribution is 2.46. The van der Waals surface area contributed by atoms with E-state index in [1.807, 2.05) is 10.3 Å². The van der Waals surface area contributed by atoms with Crippen molar-refractivity contribution in [3.8, 4) is 0 Å². The Morgan fingerprint density at radius 2 is 1.59 bits per heavy atom. The number of methoxy groups -OCH3 is 2. The maximum absolute atomic E-state index is 13.9. The van der Waals surface area contributed by atoms with E-state index in [0.717, 1.165) is 29.9 Å². The number of piperazine rings is 1. The SMILES string of the molecule is COC(=O)C1=C(CCc2nccs2)NC(CC(=O)N2CCN(C3CC4CCC3CC4)CC2)=C(C(=O)OC)C1c1c(Cl)cccc1Cl. The Morgan fingerprint density at radius 1 is 0.935 bits per heavy atom. The minimum atomic E-state index is -1.02. The average Bonchev–Trinajstić information content (AvgIpc) is 3.61. The van der Waals surface area contributed by atoms with E-state index >= 15 is 0 Å². The number of fused-ring (bicyclic) bond motifs is 3. The predicted molar refractivity (Wildman–Crippen MR) is 177 cm³/mol. The molecule has 46 heavy (non-hydrogen) atoms. The zero-order chi connectivity index (χ0) is 32.4. The van der Waals surface area contributed by atoms with E-state index in [2.05, 4.69) is 15.2 Å². The van der Waals surface area contributed by atoms with Gasteiger partial charge in [-0.3, -0.25) is 9.69 Å². The Balaban J connectivity index is 1.31. The zero-order valence-electron chi connectivity index (χ0n) is 26.2. The first kappa shape index (κ1) is 33.0. The summed E-state index contributed by atoms with van der Waals surface area (Å²) in [4.78, 5) is 49.9. The van der Waals surface area contributed by atoms with E-state index < -0.39 is 17.9 Å². The second-order valence-corrected chi connectivity index (χ2v) is 14.4. The fraction of sp³-hybridized carbons (Fsp3) is 0.529. The second kappa shape index (κ2) is 14.5. The van der Waals surface area contributed by atoms with Crippen LogP contribution in [0.4, 0.5) is 0 Å². The Labute approximate surface area is 283 Å². The number of ether oxygens (including phenoxy) is 2. The van der Waals surface area contributed by atoms with Crippen LogP contribution in [0.3, 0.4) is 0 Å². The molecule has 0 radical (unpaired) electrons. The van der Waals surface area contributed by atoms with Crippen LogP contribution in [-0.2, 0) is 30.3 Å². The van der Waals surface area contributed by atoms with Crippen LogP contribution in [0.2, 0.25) is 10.0 Å². The van der Waals surface area contributed by atoms with Gasteiger partial charge in [-0.05, 0) is 49.7 Å². The minimum absolute atomic E-state index is 0.0770. The molecule has 1 amide bonds. The number of rotatable bonds is 9. The molecule has 3 aliphatic carbocycles. The fourth-order valence-electron chi connectivity index (χ4n) is 7.89. The van der Waals surface area contributed by atoms with E-state index in [1.165, 1.54) is 57.7 Å². The summed E-state index contributed by atoms with van der Waals surface area (Å²) in [7, 11) is 2.56. The van der Waals surface area contributed by atoms with Gasteiger partial charge >= 0.3 is 11.9 Å². The number of benzene rings is 1. The van der Waals surface area contributed by atoms with Crippen LogP contribution in [0, 0.1) is 11.8 Å². The second-order valence-electron chi connectivity index (χ2n) is 12.6. The molecule has 1 N–H and O–H groups in total. The van der Waals surface area contributed by atoms with Crippen molar-refractivity contribution in [2.24, 2.45) is 11.8 Å². The van der Waals surface area contributed by atoms with Gasteiger partial charge in [-0.1, -0.05) is 42.1 Å². The number of aryl methyl sites for hydroxylation is 1. The number of amides is 1. The van der Waals surface area contributed by atoms with Gasteiger partial charge in [-0.25, -0.2) is 14.6 Å². The normalized spacial score (nSPS) is 25.0. The Hall–Kier alpha value is -2.92. The number of esters is 2. The summed E-state index contributed by atoms with van der Waals surface area (Å²) in [6.07, 6.45) is 9.22. The number of nitrogens with one attached hydrogen (secondary N) is 1. The lowest BCUT2D eigenvalue weighted by Crippen LogP contribution is -2.56. The summed E-state index contributed by atoms with van der Waals surface area (Å²) in [6.45, 7) is 2.96. The lowest BCUT2D eigenvalue weighted by atomic mass is 9.67. The van der Waals surface area contributed by atoms with E-state index in [-0.39, 0.29) is 33.5 Å². The van der Waals surface area contributed by atoms with Gasteiger partial charge in [0.15, 0.2) is 0 Å². The Morgan fingerprint density at radius 3 is 2.15 bits per heavy atom. The summed E-state index contributed by atoms with van der Waals surface area (Å²) >= 11 is 15.0. The molecule has 2 atom stereocenters. The molecule has 246 valence electrons. The molecule has 1 aromatic carbocycles. The van der Waals surface area contributed by atoms with Crippen molar-refractivity contribution in [3.63, 3.8) is 0 Å². The maximum atomic E-state index is 13.9. The molecule has 1 saturated heterocycles. The van der Waals surface area contributed by atoms with Crippen molar-refractivity contribution >= 4 is 52.4 Å². The highest BCUT2D eigenvalue weighted by molar-refractivity contribution is 7.09. The number of thiazole rings is 1.